The Hall–Kier alpha value is -3.80. The standard InChI is InChI=1S/C34H37Cl2FN6O3/c1-34(2,45)19-39-16-20-6-4-9-27(31(20)37)42-26-8-5-7-24(29(26)35)32-30(36)23(14-15-40-32)25-12-10-21(33(43-25)46-3)17-38-18-22-11-13-28(44)41-22/h4-10,12,14-15,22,38-39,42,45H,11,13,16-19H2,1-3H3,(H,41,44)/t22-/m0/s1. The summed E-state index contributed by atoms with van der Waals surface area (Å²) in [5, 5.41) is 23.1. The number of hydrogen-bond acceptors (Lipinski definition) is 8. The second-order valence-electron chi connectivity index (χ2n) is 11.8. The van der Waals surface area contributed by atoms with E-state index in [9.17, 15) is 9.90 Å². The van der Waals surface area contributed by atoms with Gasteiger partial charge in [-0.3, -0.25) is 9.78 Å². The van der Waals surface area contributed by atoms with Gasteiger partial charge in [-0.1, -0.05) is 53.5 Å². The van der Waals surface area contributed by atoms with Gasteiger partial charge in [-0.05, 0) is 44.5 Å². The molecule has 1 fully saturated rings. The number of carbonyl (C=O) groups is 1. The van der Waals surface area contributed by atoms with Crippen LogP contribution in [0.2, 0.25) is 10.0 Å². The van der Waals surface area contributed by atoms with Gasteiger partial charge >= 0.3 is 0 Å². The Labute approximate surface area is 277 Å². The Morgan fingerprint density at radius 3 is 2.50 bits per heavy atom. The van der Waals surface area contributed by atoms with Gasteiger partial charge in [0.05, 0.1) is 45.5 Å². The van der Waals surface area contributed by atoms with Crippen LogP contribution < -0.4 is 26.0 Å². The van der Waals surface area contributed by atoms with Crippen LogP contribution in [0.3, 0.4) is 0 Å². The minimum atomic E-state index is -0.910. The molecule has 4 aromatic rings. The summed E-state index contributed by atoms with van der Waals surface area (Å²) >= 11 is 13.8. The molecule has 242 valence electrons. The first-order valence-corrected chi connectivity index (χ1v) is 15.7. The second kappa shape index (κ2) is 14.7. The number of amides is 1. The van der Waals surface area contributed by atoms with Crippen molar-refractivity contribution < 1.29 is 19.0 Å². The predicted octanol–water partition coefficient (Wildman–Crippen LogP) is 6.24. The predicted molar refractivity (Wildman–Crippen MR) is 180 cm³/mol. The largest absolute Gasteiger partial charge is 0.481 e. The second-order valence-corrected chi connectivity index (χ2v) is 12.6. The van der Waals surface area contributed by atoms with Crippen molar-refractivity contribution in [1.29, 1.82) is 0 Å². The van der Waals surface area contributed by atoms with Crippen molar-refractivity contribution >= 4 is 40.5 Å². The number of anilines is 2. The molecule has 9 nitrogen and oxygen atoms in total. The van der Waals surface area contributed by atoms with Crippen LogP contribution >= 0.6 is 23.2 Å². The van der Waals surface area contributed by atoms with Crippen LogP contribution in [0.5, 0.6) is 5.88 Å². The minimum Gasteiger partial charge on any atom is -0.481 e. The summed E-state index contributed by atoms with van der Waals surface area (Å²) in [4.78, 5) is 20.7. The fourth-order valence-corrected chi connectivity index (χ4v) is 5.82. The van der Waals surface area contributed by atoms with Crippen molar-refractivity contribution in [3.8, 4) is 28.4 Å². The molecule has 1 aliphatic rings. The lowest BCUT2D eigenvalue weighted by Gasteiger charge is -2.18. The molecule has 0 bridgehead atoms. The molecule has 1 amide bonds. The smallest absolute Gasteiger partial charge is 0.220 e. The number of pyridine rings is 2. The van der Waals surface area contributed by atoms with Gasteiger partial charge in [0, 0.05) is 67.1 Å². The van der Waals surface area contributed by atoms with Gasteiger partial charge in [-0.15, -0.1) is 0 Å². The number of methoxy groups -OCH3 is 1. The van der Waals surface area contributed by atoms with Crippen LogP contribution in [0, 0.1) is 5.82 Å². The quantitative estimate of drug-likeness (QED) is 0.114. The molecule has 1 aliphatic heterocycles. The number of hydrogen-bond donors (Lipinski definition) is 5. The lowest BCUT2D eigenvalue weighted by atomic mass is 10.0. The lowest BCUT2D eigenvalue weighted by molar-refractivity contribution is -0.119. The number of halogens is 3. The molecule has 2 aromatic heterocycles. The van der Waals surface area contributed by atoms with E-state index in [-0.39, 0.29) is 24.2 Å². The zero-order valence-electron chi connectivity index (χ0n) is 25.9. The van der Waals surface area contributed by atoms with Gasteiger partial charge in [-0.25, -0.2) is 9.37 Å². The van der Waals surface area contributed by atoms with Crippen molar-refractivity contribution in [3.05, 3.63) is 87.8 Å². The van der Waals surface area contributed by atoms with E-state index in [1.54, 1.807) is 69.6 Å². The highest BCUT2D eigenvalue weighted by molar-refractivity contribution is 6.39. The van der Waals surface area contributed by atoms with Gasteiger partial charge < -0.3 is 31.1 Å². The molecule has 5 rings (SSSR count). The summed E-state index contributed by atoms with van der Waals surface area (Å²) in [6.07, 6.45) is 3.01. The summed E-state index contributed by atoms with van der Waals surface area (Å²) in [6, 6.07) is 16.1. The molecular weight excluding hydrogens is 630 g/mol. The first-order chi connectivity index (χ1) is 22.0. The van der Waals surface area contributed by atoms with E-state index in [0.717, 1.165) is 12.0 Å². The Bertz CT molecular complexity index is 1720. The average Bonchev–Trinajstić information content (AvgIpc) is 3.44. The molecule has 1 atom stereocenters. The van der Waals surface area contributed by atoms with Crippen LogP contribution in [0.25, 0.3) is 22.5 Å². The van der Waals surface area contributed by atoms with Crippen LogP contribution in [0.4, 0.5) is 15.8 Å². The average molecular weight is 668 g/mol. The number of rotatable bonds is 13. The number of nitrogens with zero attached hydrogens (tertiary/aromatic N) is 2. The molecule has 2 aromatic carbocycles. The van der Waals surface area contributed by atoms with Crippen LogP contribution in [-0.2, 0) is 17.9 Å². The molecule has 0 radical (unpaired) electrons. The Morgan fingerprint density at radius 1 is 1.00 bits per heavy atom. The molecule has 1 saturated heterocycles. The summed E-state index contributed by atoms with van der Waals surface area (Å²) in [5.74, 6) is 0.119. The van der Waals surface area contributed by atoms with Gasteiger partial charge in [-0.2, -0.15) is 0 Å². The highest BCUT2D eigenvalue weighted by atomic mass is 35.5. The Morgan fingerprint density at radius 2 is 1.76 bits per heavy atom. The maximum Gasteiger partial charge on any atom is 0.220 e. The highest BCUT2D eigenvalue weighted by Crippen LogP contribution is 2.41. The number of ether oxygens (including phenoxy) is 1. The minimum absolute atomic E-state index is 0.0836. The van der Waals surface area contributed by atoms with Crippen molar-refractivity contribution in [2.24, 2.45) is 0 Å². The zero-order chi connectivity index (χ0) is 32.8. The summed E-state index contributed by atoms with van der Waals surface area (Å²) in [7, 11) is 1.57. The molecule has 0 spiro atoms. The fourth-order valence-electron chi connectivity index (χ4n) is 5.24. The molecule has 0 aliphatic carbocycles. The summed E-state index contributed by atoms with van der Waals surface area (Å²) in [6.45, 7) is 5.12. The van der Waals surface area contributed by atoms with E-state index in [2.05, 4.69) is 26.3 Å². The van der Waals surface area contributed by atoms with Crippen LogP contribution in [-0.4, -0.2) is 52.8 Å². The Kier molecular flexibility index (Phi) is 10.8. The molecule has 3 heterocycles. The maximum atomic E-state index is 15.4. The summed E-state index contributed by atoms with van der Waals surface area (Å²) in [5.41, 5.74) is 3.40. The lowest BCUT2D eigenvalue weighted by Crippen LogP contribution is -2.35. The van der Waals surface area contributed by atoms with Gasteiger partial charge in [0.2, 0.25) is 11.8 Å². The Balaban J connectivity index is 1.35. The highest BCUT2D eigenvalue weighted by Gasteiger charge is 2.21. The van der Waals surface area contributed by atoms with E-state index in [1.165, 1.54) is 0 Å². The number of nitrogens with one attached hydrogen (secondary N) is 4. The molecular formula is C34H37Cl2FN6O3. The molecule has 12 heteroatoms. The number of benzene rings is 2. The van der Waals surface area contributed by atoms with E-state index in [0.29, 0.717) is 75.7 Å². The third-order valence-electron chi connectivity index (χ3n) is 7.56. The third kappa shape index (κ3) is 8.12. The van der Waals surface area contributed by atoms with E-state index >= 15 is 4.39 Å². The molecule has 46 heavy (non-hydrogen) atoms. The third-order valence-corrected chi connectivity index (χ3v) is 8.35. The van der Waals surface area contributed by atoms with E-state index < -0.39 is 11.4 Å². The van der Waals surface area contributed by atoms with E-state index in [1.807, 2.05) is 12.1 Å². The monoisotopic (exact) mass is 666 g/mol. The van der Waals surface area contributed by atoms with Crippen molar-refractivity contribution in [2.45, 2.75) is 51.4 Å². The van der Waals surface area contributed by atoms with Crippen LogP contribution in [0.1, 0.15) is 37.8 Å². The fraction of sp³-hybridized carbons (Fsp3) is 0.324. The van der Waals surface area contributed by atoms with Crippen molar-refractivity contribution in [1.82, 2.24) is 25.9 Å². The van der Waals surface area contributed by atoms with Crippen molar-refractivity contribution in [3.63, 3.8) is 0 Å². The number of carbonyl (C=O) groups excluding carboxylic acids is 1. The first kappa shape index (κ1) is 33.6. The van der Waals surface area contributed by atoms with Crippen molar-refractivity contribution in [2.75, 3.05) is 25.5 Å². The van der Waals surface area contributed by atoms with Gasteiger partial charge in [0.25, 0.3) is 0 Å². The topological polar surface area (TPSA) is 120 Å². The van der Waals surface area contributed by atoms with Crippen LogP contribution in [0.15, 0.2) is 60.8 Å². The van der Waals surface area contributed by atoms with Gasteiger partial charge in [0.1, 0.15) is 0 Å². The SMILES string of the molecule is COc1nc(-c2ccnc(-c3cccc(Nc4cccc(CNCC(C)(C)O)c4F)c3Cl)c2Cl)ccc1CNC[C@@H]1CCC(=O)N1. The first-order valence-electron chi connectivity index (χ1n) is 15.0. The molecule has 0 saturated carbocycles. The zero-order valence-corrected chi connectivity index (χ0v) is 27.4. The van der Waals surface area contributed by atoms with E-state index in [4.69, 9.17) is 32.9 Å². The number of aliphatic hydroxyl groups is 1. The normalized spacial score (nSPS) is 14.8. The van der Waals surface area contributed by atoms with Gasteiger partial charge in [0.15, 0.2) is 5.82 Å². The molecule has 5 N–H and O–H groups in total. The number of aromatic nitrogens is 2. The summed E-state index contributed by atoms with van der Waals surface area (Å²) < 4.78 is 21.0. The maximum absolute atomic E-state index is 15.4. The molecule has 0 unspecified atom stereocenters.